The fourth-order valence-corrected chi connectivity index (χ4v) is 1.41. The first-order valence-corrected chi connectivity index (χ1v) is 5.33. The number of benzene rings is 1. The summed E-state index contributed by atoms with van der Waals surface area (Å²) in [6.07, 6.45) is 1.53. The van der Waals surface area contributed by atoms with Crippen LogP contribution in [0.4, 0.5) is 5.69 Å². The average molecular weight is 246 g/mol. The number of nitrogen functional groups attached to an aromatic ring is 1. The molecule has 0 saturated carbocycles. The molecule has 0 aliphatic carbocycles. The van der Waals surface area contributed by atoms with E-state index in [0.29, 0.717) is 28.8 Å². The van der Waals surface area contributed by atoms with Crippen LogP contribution >= 0.6 is 0 Å². The van der Waals surface area contributed by atoms with Crippen LogP contribution in [0.25, 0.3) is 0 Å². The molecule has 2 rings (SSSR count). The highest BCUT2D eigenvalue weighted by molar-refractivity contribution is 5.44. The van der Waals surface area contributed by atoms with Gasteiger partial charge in [0.2, 0.25) is 5.88 Å². The van der Waals surface area contributed by atoms with Gasteiger partial charge in [0.15, 0.2) is 0 Å². The first-order valence-electron chi connectivity index (χ1n) is 5.33. The van der Waals surface area contributed by atoms with Crippen LogP contribution in [0.3, 0.4) is 0 Å². The number of ether oxygens (including phenoxy) is 3. The predicted molar refractivity (Wildman–Crippen MR) is 68.3 cm³/mol. The Bertz CT molecular complexity index is 504. The minimum atomic E-state index is 0.458. The first-order chi connectivity index (χ1) is 8.71. The zero-order chi connectivity index (χ0) is 13.0. The fourth-order valence-electron chi connectivity index (χ4n) is 1.41. The van der Waals surface area contributed by atoms with Gasteiger partial charge in [0.05, 0.1) is 26.1 Å². The predicted octanol–water partition coefficient (Wildman–Crippen LogP) is 2.47. The Balaban J connectivity index is 2.25. The third-order valence-corrected chi connectivity index (χ3v) is 2.31. The number of nitrogens with two attached hydrogens (primary N) is 1. The number of aromatic nitrogens is 1. The lowest BCUT2D eigenvalue weighted by molar-refractivity contribution is 0.385. The van der Waals surface area contributed by atoms with E-state index in [1.165, 1.54) is 6.20 Å². The number of anilines is 1. The van der Waals surface area contributed by atoms with Crippen molar-refractivity contribution in [2.75, 3.05) is 20.0 Å². The summed E-state index contributed by atoms with van der Waals surface area (Å²) in [5.74, 6) is 2.35. The minimum Gasteiger partial charge on any atom is -0.496 e. The molecule has 0 atom stereocenters. The molecule has 1 aromatic carbocycles. The molecule has 1 aromatic heterocycles. The van der Waals surface area contributed by atoms with Gasteiger partial charge in [0.1, 0.15) is 17.2 Å². The molecule has 1 heterocycles. The van der Waals surface area contributed by atoms with Crippen LogP contribution in [0.1, 0.15) is 0 Å². The van der Waals surface area contributed by atoms with Gasteiger partial charge in [-0.2, -0.15) is 0 Å². The van der Waals surface area contributed by atoms with Crippen molar-refractivity contribution in [2.24, 2.45) is 0 Å². The third kappa shape index (κ3) is 2.82. The van der Waals surface area contributed by atoms with Crippen molar-refractivity contribution in [1.82, 2.24) is 4.98 Å². The van der Waals surface area contributed by atoms with Gasteiger partial charge >= 0.3 is 0 Å². The summed E-state index contributed by atoms with van der Waals surface area (Å²) in [5.41, 5.74) is 6.14. The van der Waals surface area contributed by atoms with Crippen molar-refractivity contribution in [3.63, 3.8) is 0 Å². The van der Waals surface area contributed by atoms with Crippen molar-refractivity contribution in [3.05, 3.63) is 36.5 Å². The molecule has 0 radical (unpaired) electrons. The van der Waals surface area contributed by atoms with Gasteiger partial charge in [-0.3, -0.25) is 0 Å². The van der Waals surface area contributed by atoms with Crippen LogP contribution in [-0.4, -0.2) is 19.2 Å². The molecule has 2 N–H and O–H groups in total. The van der Waals surface area contributed by atoms with Gasteiger partial charge in [-0.05, 0) is 6.07 Å². The minimum absolute atomic E-state index is 0.458. The molecule has 18 heavy (non-hydrogen) atoms. The third-order valence-electron chi connectivity index (χ3n) is 2.31. The molecule has 0 spiro atoms. The lowest BCUT2D eigenvalue weighted by Crippen LogP contribution is -1.92. The van der Waals surface area contributed by atoms with E-state index in [9.17, 15) is 0 Å². The van der Waals surface area contributed by atoms with Crippen molar-refractivity contribution >= 4 is 5.69 Å². The van der Waals surface area contributed by atoms with Crippen LogP contribution in [0.15, 0.2) is 36.5 Å². The van der Waals surface area contributed by atoms with Gasteiger partial charge in [-0.1, -0.05) is 0 Å². The van der Waals surface area contributed by atoms with Gasteiger partial charge in [0, 0.05) is 24.3 Å². The van der Waals surface area contributed by atoms with Crippen LogP contribution in [-0.2, 0) is 0 Å². The van der Waals surface area contributed by atoms with Crippen molar-refractivity contribution in [3.8, 4) is 23.1 Å². The normalized spacial score (nSPS) is 9.89. The molecule has 5 heteroatoms. The second-order valence-corrected chi connectivity index (χ2v) is 3.58. The maximum Gasteiger partial charge on any atom is 0.219 e. The SMILES string of the molecule is COc1cc(OC)cc(Oc2ccc(N)cn2)c1. The van der Waals surface area contributed by atoms with E-state index < -0.39 is 0 Å². The summed E-state index contributed by atoms with van der Waals surface area (Å²) in [6.45, 7) is 0. The second-order valence-electron chi connectivity index (χ2n) is 3.58. The Labute approximate surface area is 105 Å². The molecular formula is C13H14N2O3. The van der Waals surface area contributed by atoms with E-state index in [1.54, 1.807) is 44.6 Å². The maximum atomic E-state index is 5.59. The zero-order valence-corrected chi connectivity index (χ0v) is 10.2. The lowest BCUT2D eigenvalue weighted by atomic mass is 10.3. The summed E-state index contributed by atoms with van der Waals surface area (Å²) in [7, 11) is 3.17. The molecule has 5 nitrogen and oxygen atoms in total. The Hall–Kier alpha value is -2.43. The molecule has 0 amide bonds. The highest BCUT2D eigenvalue weighted by atomic mass is 16.5. The van der Waals surface area contributed by atoms with Crippen molar-refractivity contribution in [1.29, 1.82) is 0 Å². The van der Waals surface area contributed by atoms with Gasteiger partial charge < -0.3 is 19.9 Å². The lowest BCUT2D eigenvalue weighted by Gasteiger charge is -2.09. The fraction of sp³-hybridized carbons (Fsp3) is 0.154. The smallest absolute Gasteiger partial charge is 0.219 e. The number of pyridine rings is 1. The second kappa shape index (κ2) is 5.27. The molecule has 0 saturated heterocycles. The highest BCUT2D eigenvalue weighted by Gasteiger charge is 2.04. The van der Waals surface area contributed by atoms with Crippen LogP contribution < -0.4 is 19.9 Å². The highest BCUT2D eigenvalue weighted by Crippen LogP contribution is 2.30. The van der Waals surface area contributed by atoms with Gasteiger partial charge in [-0.15, -0.1) is 0 Å². The first kappa shape index (κ1) is 12.0. The molecule has 0 aliphatic heterocycles. The zero-order valence-electron chi connectivity index (χ0n) is 10.2. The van der Waals surface area contributed by atoms with Crippen LogP contribution in [0.5, 0.6) is 23.1 Å². The number of nitrogens with zero attached hydrogens (tertiary/aromatic N) is 1. The topological polar surface area (TPSA) is 66.6 Å². The average Bonchev–Trinajstić information content (AvgIpc) is 2.41. The quantitative estimate of drug-likeness (QED) is 0.897. The van der Waals surface area contributed by atoms with Gasteiger partial charge in [0.25, 0.3) is 0 Å². The maximum absolute atomic E-state index is 5.59. The van der Waals surface area contributed by atoms with Crippen LogP contribution in [0.2, 0.25) is 0 Å². The Morgan fingerprint density at radius 1 is 0.944 bits per heavy atom. The largest absolute Gasteiger partial charge is 0.496 e. The molecule has 0 unspecified atom stereocenters. The van der Waals surface area contributed by atoms with E-state index >= 15 is 0 Å². The van der Waals surface area contributed by atoms with E-state index in [-0.39, 0.29) is 0 Å². The number of methoxy groups -OCH3 is 2. The van der Waals surface area contributed by atoms with E-state index in [2.05, 4.69) is 4.98 Å². The monoisotopic (exact) mass is 246 g/mol. The van der Waals surface area contributed by atoms with Crippen molar-refractivity contribution in [2.45, 2.75) is 0 Å². The molecular weight excluding hydrogens is 232 g/mol. The molecule has 0 aliphatic rings. The number of rotatable bonds is 4. The van der Waals surface area contributed by atoms with E-state index in [4.69, 9.17) is 19.9 Å². The van der Waals surface area contributed by atoms with Crippen LogP contribution in [0, 0.1) is 0 Å². The van der Waals surface area contributed by atoms with E-state index in [0.717, 1.165) is 0 Å². The molecule has 2 aromatic rings. The summed E-state index contributed by atoms with van der Waals surface area (Å²) in [5, 5.41) is 0. The van der Waals surface area contributed by atoms with Gasteiger partial charge in [-0.25, -0.2) is 4.98 Å². The Morgan fingerprint density at radius 2 is 1.56 bits per heavy atom. The number of hydrogen-bond acceptors (Lipinski definition) is 5. The standard InChI is InChI=1S/C13H14N2O3/c1-16-10-5-11(17-2)7-12(6-10)18-13-4-3-9(14)8-15-13/h3-8H,14H2,1-2H3. The Kier molecular flexibility index (Phi) is 3.52. The summed E-state index contributed by atoms with van der Waals surface area (Å²) in [6, 6.07) is 8.69. The van der Waals surface area contributed by atoms with Crippen molar-refractivity contribution < 1.29 is 14.2 Å². The Morgan fingerprint density at radius 3 is 2.06 bits per heavy atom. The number of hydrogen-bond donors (Lipinski definition) is 1. The summed E-state index contributed by atoms with van der Waals surface area (Å²) in [4.78, 5) is 4.06. The summed E-state index contributed by atoms with van der Waals surface area (Å²) >= 11 is 0. The molecule has 0 fully saturated rings. The van der Waals surface area contributed by atoms with E-state index in [1.807, 2.05) is 0 Å². The molecule has 0 bridgehead atoms. The summed E-state index contributed by atoms with van der Waals surface area (Å²) < 4.78 is 15.9. The molecule has 94 valence electrons.